The molecule has 0 spiro atoms. The van der Waals surface area contributed by atoms with Crippen LogP contribution in [0.25, 0.3) is 0 Å². The molecule has 3 rings (SSSR count). The van der Waals surface area contributed by atoms with Gasteiger partial charge in [0.25, 0.3) is 0 Å². The largest absolute Gasteiger partial charge is 0.476 e. The number of carbonyl (C=O) groups is 3. The number of hydrogen-bond donors (Lipinski definition) is 1. The second-order valence-corrected chi connectivity index (χ2v) is 13.2. The van der Waals surface area contributed by atoms with Crippen LogP contribution in [0.15, 0.2) is 91.0 Å². The Labute approximate surface area is 364 Å². The molecule has 16 nitrogen and oxygen atoms in total. The van der Waals surface area contributed by atoms with Crippen LogP contribution < -0.4 is 0 Å². The maximum Gasteiger partial charge on any atom is 0.372 e. The van der Waals surface area contributed by atoms with Crippen molar-refractivity contribution in [2.45, 2.75) is 18.4 Å². The topological polar surface area (TPSA) is 182 Å². The lowest BCUT2D eigenvalue weighted by molar-refractivity contribution is -0.151. The van der Waals surface area contributed by atoms with Gasteiger partial charge < -0.3 is 61.9 Å². The smallest absolute Gasteiger partial charge is 0.372 e. The van der Waals surface area contributed by atoms with Crippen molar-refractivity contribution < 1.29 is 76.3 Å². The lowest BCUT2D eigenvalue weighted by Crippen LogP contribution is -2.34. The number of Topliss-reactive ketones (excluding diaryl/α,β-unsaturated/α-hetero) is 1. The Hall–Kier alpha value is -4.17. The molecule has 0 aromatic heterocycles. The van der Waals surface area contributed by atoms with Gasteiger partial charge in [-0.3, -0.25) is 9.59 Å². The van der Waals surface area contributed by atoms with E-state index >= 15 is 0 Å². The number of carboxylic acids is 1. The molecule has 3 aromatic carbocycles. The Kier molecular flexibility index (Phi) is 29.7. The molecule has 3 aromatic rings. The number of rotatable bonds is 41. The third kappa shape index (κ3) is 23.3. The first-order valence-electron chi connectivity index (χ1n) is 21.0. The summed E-state index contributed by atoms with van der Waals surface area (Å²) < 4.78 is 66.8. The van der Waals surface area contributed by atoms with Crippen molar-refractivity contribution in [2.75, 3.05) is 145 Å². The molecule has 1 N–H and O–H groups in total. The molecule has 0 radical (unpaired) electrons. The van der Waals surface area contributed by atoms with Gasteiger partial charge in [-0.15, -0.1) is 0 Å². The fourth-order valence-electron chi connectivity index (χ4n) is 5.71. The molecule has 0 fully saturated rings. The number of aliphatic carboxylic acids is 1. The number of ether oxygens (including phenoxy) is 12. The van der Waals surface area contributed by atoms with Gasteiger partial charge in [-0.05, 0) is 16.7 Å². The van der Waals surface area contributed by atoms with E-state index in [4.69, 9.17) is 61.9 Å². The molecule has 62 heavy (non-hydrogen) atoms. The summed E-state index contributed by atoms with van der Waals surface area (Å²) in [4.78, 5) is 32.8. The van der Waals surface area contributed by atoms with Gasteiger partial charge in [0.05, 0.1) is 145 Å². The summed E-state index contributed by atoms with van der Waals surface area (Å²) in [6.07, 6.45) is -0.668. The van der Waals surface area contributed by atoms with Gasteiger partial charge in [-0.2, -0.15) is 0 Å². The summed E-state index contributed by atoms with van der Waals surface area (Å²) in [5, 5.41) is 8.47. The van der Waals surface area contributed by atoms with Crippen molar-refractivity contribution in [3.63, 3.8) is 0 Å². The highest BCUT2D eigenvalue weighted by Gasteiger charge is 2.37. The van der Waals surface area contributed by atoms with Crippen molar-refractivity contribution in [1.29, 1.82) is 0 Å². The summed E-state index contributed by atoms with van der Waals surface area (Å²) in [5.41, 5.74) is 2.40. The molecule has 0 saturated carbocycles. The Morgan fingerprint density at radius 2 is 0.613 bits per heavy atom. The van der Waals surface area contributed by atoms with E-state index in [0.29, 0.717) is 132 Å². The van der Waals surface area contributed by atoms with Crippen LogP contribution in [0.1, 0.15) is 29.5 Å². The predicted molar refractivity (Wildman–Crippen MR) is 226 cm³/mol. The van der Waals surface area contributed by atoms with E-state index in [-0.39, 0.29) is 26.1 Å². The van der Waals surface area contributed by atoms with E-state index in [1.165, 1.54) is 0 Å². The normalized spacial score (nSPS) is 11.5. The number of carbonyl (C=O) groups excluding carboxylic acids is 2. The minimum atomic E-state index is -1.57. The third-order valence-electron chi connectivity index (χ3n) is 8.72. The summed E-state index contributed by atoms with van der Waals surface area (Å²) in [6.45, 7) is 8.90. The van der Waals surface area contributed by atoms with E-state index in [1.54, 1.807) is 0 Å². The van der Waals surface area contributed by atoms with Crippen LogP contribution in [0.3, 0.4) is 0 Å². The summed E-state index contributed by atoms with van der Waals surface area (Å²) in [7, 11) is 0. The summed E-state index contributed by atoms with van der Waals surface area (Å²) >= 11 is 0. The molecular weight excluding hydrogens is 808 g/mol. The van der Waals surface area contributed by atoms with Crippen molar-refractivity contribution in [3.05, 3.63) is 108 Å². The van der Waals surface area contributed by atoms with E-state index in [0.717, 1.165) is 16.7 Å². The van der Waals surface area contributed by atoms with Gasteiger partial charge in [-0.25, -0.2) is 4.79 Å². The highest BCUT2D eigenvalue weighted by molar-refractivity contribution is 6.32. The summed E-state index contributed by atoms with van der Waals surface area (Å²) in [6, 6.07) is 30.9. The van der Waals surface area contributed by atoms with E-state index < -0.39 is 23.3 Å². The molecule has 0 unspecified atom stereocenters. The van der Waals surface area contributed by atoms with Crippen molar-refractivity contribution in [1.82, 2.24) is 0 Å². The fraction of sp³-hybridized carbons (Fsp3) is 0.543. The van der Waals surface area contributed by atoms with Crippen LogP contribution in [0.5, 0.6) is 0 Å². The molecular formula is C46H64O16. The Morgan fingerprint density at radius 1 is 0.355 bits per heavy atom. The van der Waals surface area contributed by atoms with Crippen LogP contribution in [0.2, 0.25) is 0 Å². The third-order valence-corrected chi connectivity index (χ3v) is 8.72. The number of benzene rings is 3. The first-order valence-corrected chi connectivity index (χ1v) is 21.0. The van der Waals surface area contributed by atoms with Crippen LogP contribution in [0, 0.1) is 0 Å². The standard InChI is InChI=1S/C46H64O16/c47-43(45(49)50)16-17-44(48)61-38-36-59-34-32-57-30-28-55-26-24-53-22-20-51-18-19-52-21-23-54-25-27-56-29-31-58-33-35-60-37-39-62-46(40-10-4-1-5-11-40,41-12-6-2-7-13-41)42-14-8-3-9-15-42/h1-15H,16-39H2,(H,49,50). The number of hydrogen-bond acceptors (Lipinski definition) is 15. The average molecular weight is 873 g/mol. The maximum absolute atomic E-state index is 11.4. The predicted octanol–water partition coefficient (Wildman–Crippen LogP) is 4.14. The monoisotopic (exact) mass is 872 g/mol. The highest BCUT2D eigenvalue weighted by atomic mass is 16.6. The Morgan fingerprint density at radius 3 is 0.887 bits per heavy atom. The van der Waals surface area contributed by atoms with Crippen molar-refractivity contribution in [2.24, 2.45) is 0 Å². The van der Waals surface area contributed by atoms with Crippen LogP contribution in [-0.2, 0) is 76.8 Å². The Balaban J connectivity index is 1.01. The molecule has 0 aliphatic carbocycles. The van der Waals surface area contributed by atoms with Crippen LogP contribution in [0.4, 0.5) is 0 Å². The second-order valence-electron chi connectivity index (χ2n) is 13.2. The zero-order chi connectivity index (χ0) is 44.0. The minimum absolute atomic E-state index is 0.00924. The molecule has 0 atom stereocenters. The first-order chi connectivity index (χ1) is 30.5. The van der Waals surface area contributed by atoms with Crippen LogP contribution in [-0.4, -0.2) is 168 Å². The quantitative estimate of drug-likeness (QED) is 0.0372. The minimum Gasteiger partial charge on any atom is -0.476 e. The van der Waals surface area contributed by atoms with Gasteiger partial charge in [0.1, 0.15) is 12.2 Å². The first kappa shape index (κ1) is 52.2. The molecule has 0 amide bonds. The lowest BCUT2D eigenvalue weighted by atomic mass is 9.80. The van der Waals surface area contributed by atoms with E-state index in [2.05, 4.69) is 36.4 Å². The number of carboxylic acid groups (broad SMARTS) is 1. The van der Waals surface area contributed by atoms with Gasteiger partial charge in [0, 0.05) is 6.42 Å². The average Bonchev–Trinajstić information content (AvgIpc) is 3.30. The van der Waals surface area contributed by atoms with Gasteiger partial charge >= 0.3 is 11.9 Å². The molecule has 0 aliphatic rings. The Bertz CT molecular complexity index is 1450. The molecule has 344 valence electrons. The number of esters is 1. The van der Waals surface area contributed by atoms with Crippen molar-refractivity contribution in [3.8, 4) is 0 Å². The van der Waals surface area contributed by atoms with Gasteiger partial charge in [0.2, 0.25) is 5.78 Å². The van der Waals surface area contributed by atoms with Crippen LogP contribution >= 0.6 is 0 Å². The second kappa shape index (κ2) is 35.3. The zero-order valence-electron chi connectivity index (χ0n) is 35.7. The SMILES string of the molecule is O=C(CCC(=O)C(=O)O)OCCOCCOCCOCCOCCOCCOCCOCCOCCOCCOCCOC(c1ccccc1)(c1ccccc1)c1ccccc1. The fourth-order valence-corrected chi connectivity index (χ4v) is 5.71. The molecule has 16 heteroatoms. The molecule has 0 bridgehead atoms. The number of ketones is 1. The van der Waals surface area contributed by atoms with Gasteiger partial charge in [-0.1, -0.05) is 91.0 Å². The van der Waals surface area contributed by atoms with Crippen molar-refractivity contribution >= 4 is 17.7 Å². The summed E-state index contributed by atoms with van der Waals surface area (Å²) in [5.74, 6) is -3.24. The van der Waals surface area contributed by atoms with E-state index in [1.807, 2.05) is 54.6 Å². The molecule has 0 heterocycles. The zero-order valence-corrected chi connectivity index (χ0v) is 35.7. The highest BCUT2D eigenvalue weighted by Crippen LogP contribution is 2.40. The molecule has 0 saturated heterocycles. The molecule has 0 aliphatic heterocycles. The van der Waals surface area contributed by atoms with E-state index in [9.17, 15) is 14.4 Å². The maximum atomic E-state index is 11.4. The lowest BCUT2D eigenvalue weighted by Gasteiger charge is -2.36. The van der Waals surface area contributed by atoms with Gasteiger partial charge in [0.15, 0.2) is 0 Å².